The summed E-state index contributed by atoms with van der Waals surface area (Å²) in [5, 5.41) is 3.91. The van der Waals surface area contributed by atoms with E-state index in [1.165, 1.54) is 56.2 Å². The first-order valence-electron chi connectivity index (χ1n) is 8.52. The van der Waals surface area contributed by atoms with Crippen molar-refractivity contribution in [3.05, 3.63) is 35.4 Å². The molecular weight excluding hydrogens is 242 g/mol. The summed E-state index contributed by atoms with van der Waals surface area (Å²) in [6.45, 7) is 5.82. The van der Waals surface area contributed by atoms with E-state index < -0.39 is 0 Å². The van der Waals surface area contributed by atoms with Gasteiger partial charge in [0.15, 0.2) is 0 Å². The highest BCUT2D eigenvalue weighted by molar-refractivity contribution is 5.25. The highest BCUT2D eigenvalue weighted by atomic mass is 14.9. The molecule has 2 aliphatic rings. The van der Waals surface area contributed by atoms with Gasteiger partial charge in [0.2, 0.25) is 0 Å². The lowest BCUT2D eigenvalue weighted by Crippen LogP contribution is -2.31. The van der Waals surface area contributed by atoms with Crippen LogP contribution in [0.3, 0.4) is 0 Å². The Balaban J connectivity index is 1.59. The van der Waals surface area contributed by atoms with Crippen molar-refractivity contribution in [2.24, 2.45) is 17.8 Å². The van der Waals surface area contributed by atoms with Gasteiger partial charge in [-0.25, -0.2) is 0 Å². The zero-order valence-corrected chi connectivity index (χ0v) is 13.1. The molecule has 3 rings (SSSR count). The van der Waals surface area contributed by atoms with Gasteiger partial charge in [-0.2, -0.15) is 0 Å². The van der Waals surface area contributed by atoms with Crippen molar-refractivity contribution >= 4 is 0 Å². The third-order valence-corrected chi connectivity index (χ3v) is 5.20. The Morgan fingerprint density at radius 2 is 1.85 bits per heavy atom. The summed E-state index contributed by atoms with van der Waals surface area (Å²) in [5.41, 5.74) is 2.87. The molecule has 0 heterocycles. The van der Waals surface area contributed by atoms with Crippen molar-refractivity contribution in [1.29, 1.82) is 0 Å². The maximum Gasteiger partial charge on any atom is 0.0348 e. The number of benzene rings is 1. The van der Waals surface area contributed by atoms with Crippen LogP contribution < -0.4 is 5.32 Å². The van der Waals surface area contributed by atoms with Crippen molar-refractivity contribution in [2.75, 3.05) is 6.54 Å². The molecule has 0 radical (unpaired) electrons. The maximum absolute atomic E-state index is 3.91. The molecule has 110 valence electrons. The second kappa shape index (κ2) is 6.30. The predicted molar refractivity (Wildman–Crippen MR) is 85.8 cm³/mol. The van der Waals surface area contributed by atoms with Crippen molar-refractivity contribution in [1.82, 2.24) is 5.32 Å². The molecule has 0 bridgehead atoms. The Labute approximate surface area is 124 Å². The SMILES string of the molecule is Cc1ccc(C(NCC2CCCC(C)C2)C2CC2)cc1. The number of hydrogen-bond acceptors (Lipinski definition) is 1. The molecule has 0 aromatic heterocycles. The van der Waals surface area contributed by atoms with Crippen LogP contribution in [0.4, 0.5) is 0 Å². The van der Waals surface area contributed by atoms with E-state index in [-0.39, 0.29) is 0 Å². The summed E-state index contributed by atoms with van der Waals surface area (Å²) in [6.07, 6.45) is 8.56. The normalized spacial score (nSPS) is 28.3. The van der Waals surface area contributed by atoms with Crippen LogP contribution in [0.1, 0.15) is 62.6 Å². The highest BCUT2D eigenvalue weighted by Crippen LogP contribution is 2.41. The van der Waals surface area contributed by atoms with E-state index in [2.05, 4.69) is 43.4 Å². The van der Waals surface area contributed by atoms with Crippen LogP contribution in [0, 0.1) is 24.7 Å². The van der Waals surface area contributed by atoms with Crippen molar-refractivity contribution < 1.29 is 0 Å². The van der Waals surface area contributed by atoms with Crippen LogP contribution in [-0.2, 0) is 0 Å². The first kappa shape index (κ1) is 14.1. The van der Waals surface area contributed by atoms with E-state index in [1.807, 2.05) is 0 Å². The smallest absolute Gasteiger partial charge is 0.0348 e. The minimum Gasteiger partial charge on any atom is -0.309 e. The fourth-order valence-corrected chi connectivity index (χ4v) is 3.80. The molecule has 3 atom stereocenters. The van der Waals surface area contributed by atoms with E-state index in [0.29, 0.717) is 6.04 Å². The standard InChI is InChI=1S/C19H29N/c1-14-6-8-17(9-7-14)19(18-10-11-18)20-13-16-5-3-4-15(2)12-16/h6-9,15-16,18-20H,3-5,10-13H2,1-2H3. The van der Waals surface area contributed by atoms with Gasteiger partial charge in [-0.1, -0.05) is 49.6 Å². The summed E-state index contributed by atoms with van der Waals surface area (Å²) in [5.74, 6) is 2.73. The molecule has 1 aromatic rings. The molecule has 2 aliphatic carbocycles. The Kier molecular flexibility index (Phi) is 4.45. The molecule has 2 saturated carbocycles. The molecule has 1 N–H and O–H groups in total. The van der Waals surface area contributed by atoms with E-state index in [1.54, 1.807) is 0 Å². The van der Waals surface area contributed by atoms with Crippen LogP contribution in [0.2, 0.25) is 0 Å². The summed E-state index contributed by atoms with van der Waals surface area (Å²) < 4.78 is 0. The first-order valence-corrected chi connectivity index (χ1v) is 8.52. The van der Waals surface area contributed by atoms with E-state index in [9.17, 15) is 0 Å². The summed E-state index contributed by atoms with van der Waals surface area (Å²) in [7, 11) is 0. The maximum atomic E-state index is 3.91. The Morgan fingerprint density at radius 1 is 1.10 bits per heavy atom. The van der Waals surface area contributed by atoms with Gasteiger partial charge in [-0.3, -0.25) is 0 Å². The molecular formula is C19H29N. The zero-order valence-electron chi connectivity index (χ0n) is 13.1. The zero-order chi connectivity index (χ0) is 13.9. The van der Waals surface area contributed by atoms with Gasteiger partial charge in [0.25, 0.3) is 0 Å². The molecule has 1 heteroatoms. The quantitative estimate of drug-likeness (QED) is 0.806. The lowest BCUT2D eigenvalue weighted by molar-refractivity contribution is 0.263. The Hall–Kier alpha value is -0.820. The fraction of sp³-hybridized carbons (Fsp3) is 0.684. The molecule has 0 saturated heterocycles. The van der Waals surface area contributed by atoms with Crippen LogP contribution in [0.15, 0.2) is 24.3 Å². The summed E-state index contributed by atoms with van der Waals surface area (Å²) in [6, 6.07) is 9.78. The average molecular weight is 271 g/mol. The van der Waals surface area contributed by atoms with Crippen molar-refractivity contribution in [3.63, 3.8) is 0 Å². The summed E-state index contributed by atoms with van der Waals surface area (Å²) in [4.78, 5) is 0. The average Bonchev–Trinajstić information content (AvgIpc) is 3.26. The van der Waals surface area contributed by atoms with E-state index in [4.69, 9.17) is 0 Å². The minimum absolute atomic E-state index is 0.604. The monoisotopic (exact) mass is 271 g/mol. The van der Waals surface area contributed by atoms with Crippen molar-refractivity contribution in [3.8, 4) is 0 Å². The third kappa shape index (κ3) is 3.63. The Morgan fingerprint density at radius 3 is 2.50 bits per heavy atom. The molecule has 1 aromatic carbocycles. The van der Waals surface area contributed by atoms with Crippen LogP contribution in [0.25, 0.3) is 0 Å². The Bertz CT molecular complexity index is 418. The summed E-state index contributed by atoms with van der Waals surface area (Å²) >= 11 is 0. The molecule has 3 unspecified atom stereocenters. The number of nitrogens with one attached hydrogen (secondary N) is 1. The third-order valence-electron chi connectivity index (χ3n) is 5.20. The largest absolute Gasteiger partial charge is 0.309 e. The van der Waals surface area contributed by atoms with Gasteiger partial charge in [0, 0.05) is 6.04 Å². The van der Waals surface area contributed by atoms with Gasteiger partial charge in [-0.15, -0.1) is 0 Å². The molecule has 2 fully saturated rings. The van der Waals surface area contributed by atoms with Crippen LogP contribution in [-0.4, -0.2) is 6.54 Å². The molecule has 0 aliphatic heterocycles. The van der Waals surface area contributed by atoms with Crippen molar-refractivity contribution in [2.45, 2.75) is 58.4 Å². The highest BCUT2D eigenvalue weighted by Gasteiger charge is 2.32. The number of hydrogen-bond donors (Lipinski definition) is 1. The predicted octanol–water partition coefficient (Wildman–Crippen LogP) is 4.86. The molecule has 1 nitrogen and oxygen atoms in total. The molecule has 0 spiro atoms. The fourth-order valence-electron chi connectivity index (χ4n) is 3.80. The van der Waals surface area contributed by atoms with E-state index in [0.717, 1.165) is 17.8 Å². The van der Waals surface area contributed by atoms with Gasteiger partial charge < -0.3 is 5.32 Å². The molecule has 0 amide bonds. The van der Waals surface area contributed by atoms with Gasteiger partial charge in [0.1, 0.15) is 0 Å². The van der Waals surface area contributed by atoms with Crippen LogP contribution in [0.5, 0.6) is 0 Å². The minimum atomic E-state index is 0.604. The topological polar surface area (TPSA) is 12.0 Å². The van der Waals surface area contributed by atoms with Gasteiger partial charge in [-0.05, 0) is 62.5 Å². The second-order valence-electron chi connectivity index (χ2n) is 7.27. The first-order chi connectivity index (χ1) is 9.72. The number of rotatable bonds is 5. The van der Waals surface area contributed by atoms with E-state index >= 15 is 0 Å². The lowest BCUT2D eigenvalue weighted by atomic mass is 9.82. The van der Waals surface area contributed by atoms with Gasteiger partial charge in [0.05, 0.1) is 0 Å². The van der Waals surface area contributed by atoms with Crippen LogP contribution >= 0.6 is 0 Å². The second-order valence-corrected chi connectivity index (χ2v) is 7.27. The number of aryl methyl sites for hydroxylation is 1. The van der Waals surface area contributed by atoms with Gasteiger partial charge >= 0.3 is 0 Å². The molecule has 20 heavy (non-hydrogen) atoms. The lowest BCUT2D eigenvalue weighted by Gasteiger charge is -2.29.